The number of carboxylic acids is 1. The second kappa shape index (κ2) is 9.17. The Morgan fingerprint density at radius 1 is 0.929 bits per heavy atom. The largest absolute Gasteiger partial charge is 0.478 e. The first kappa shape index (κ1) is 19.6. The molecule has 1 saturated carbocycles. The van der Waals surface area contributed by atoms with Crippen molar-refractivity contribution in [2.45, 2.75) is 38.6 Å². The van der Waals surface area contributed by atoms with E-state index in [0.717, 1.165) is 31.2 Å². The molecule has 2 aromatic rings. The van der Waals surface area contributed by atoms with Gasteiger partial charge in [-0.1, -0.05) is 37.5 Å². The van der Waals surface area contributed by atoms with Crippen LogP contribution in [0.25, 0.3) is 0 Å². The first-order valence-corrected chi connectivity index (χ1v) is 9.54. The Hall–Kier alpha value is -3.15. The first-order valence-electron chi connectivity index (χ1n) is 9.54. The average Bonchev–Trinajstić information content (AvgIpc) is 2.73. The molecule has 0 aromatic heterocycles. The zero-order valence-electron chi connectivity index (χ0n) is 15.6. The molecule has 0 unspecified atom stereocenters. The predicted molar refractivity (Wildman–Crippen MR) is 106 cm³/mol. The number of nitrogens with one attached hydrogen (secondary N) is 2. The summed E-state index contributed by atoms with van der Waals surface area (Å²) in [5.74, 6) is -1.13. The van der Waals surface area contributed by atoms with Gasteiger partial charge in [-0.3, -0.25) is 9.59 Å². The molecular formula is C22H24N2O4. The number of amides is 2. The van der Waals surface area contributed by atoms with Gasteiger partial charge in [0.25, 0.3) is 5.91 Å². The number of hydrogen-bond donors (Lipinski definition) is 3. The van der Waals surface area contributed by atoms with Crippen LogP contribution in [0.15, 0.2) is 48.5 Å². The molecule has 1 aliphatic carbocycles. The summed E-state index contributed by atoms with van der Waals surface area (Å²) in [6.07, 6.45) is 5.39. The molecule has 0 radical (unpaired) electrons. The standard InChI is InChI=1S/C22H24N2O4/c25-20(16-5-2-1-3-6-16)23-14-15-9-11-17(12-10-15)21(26)24-19-8-4-7-18(13-19)22(27)28/h4,7-13,16H,1-3,5-6,14H2,(H,23,25)(H,24,26)(H,27,28). The highest BCUT2D eigenvalue weighted by atomic mass is 16.4. The molecule has 3 N–H and O–H groups in total. The molecule has 0 spiro atoms. The number of carboxylic acid groups (broad SMARTS) is 1. The second-order valence-electron chi connectivity index (χ2n) is 7.09. The van der Waals surface area contributed by atoms with Crippen LogP contribution in [-0.4, -0.2) is 22.9 Å². The third-order valence-electron chi connectivity index (χ3n) is 5.03. The van der Waals surface area contributed by atoms with Crippen molar-refractivity contribution in [3.8, 4) is 0 Å². The maximum absolute atomic E-state index is 12.4. The number of aromatic carboxylic acids is 1. The van der Waals surface area contributed by atoms with E-state index >= 15 is 0 Å². The van der Waals surface area contributed by atoms with Gasteiger partial charge in [0.1, 0.15) is 0 Å². The number of benzene rings is 2. The van der Waals surface area contributed by atoms with Gasteiger partial charge in [-0.05, 0) is 48.7 Å². The second-order valence-corrected chi connectivity index (χ2v) is 7.09. The van der Waals surface area contributed by atoms with Crippen molar-refractivity contribution in [2.24, 2.45) is 5.92 Å². The van der Waals surface area contributed by atoms with Crippen molar-refractivity contribution in [3.05, 3.63) is 65.2 Å². The Morgan fingerprint density at radius 3 is 2.32 bits per heavy atom. The summed E-state index contributed by atoms with van der Waals surface area (Å²) in [7, 11) is 0. The highest BCUT2D eigenvalue weighted by Crippen LogP contribution is 2.23. The van der Waals surface area contributed by atoms with Gasteiger partial charge in [-0.25, -0.2) is 4.79 Å². The van der Waals surface area contributed by atoms with Gasteiger partial charge >= 0.3 is 5.97 Å². The van der Waals surface area contributed by atoms with Crippen molar-refractivity contribution in [3.63, 3.8) is 0 Å². The van der Waals surface area contributed by atoms with Gasteiger partial charge in [0.05, 0.1) is 5.56 Å². The summed E-state index contributed by atoms with van der Waals surface area (Å²) in [4.78, 5) is 35.6. The molecule has 146 valence electrons. The topological polar surface area (TPSA) is 95.5 Å². The van der Waals surface area contributed by atoms with Crippen molar-refractivity contribution in [2.75, 3.05) is 5.32 Å². The Balaban J connectivity index is 1.54. The molecule has 1 fully saturated rings. The maximum Gasteiger partial charge on any atom is 0.335 e. The van der Waals surface area contributed by atoms with Gasteiger partial charge in [0.2, 0.25) is 5.91 Å². The van der Waals surface area contributed by atoms with E-state index in [1.54, 1.807) is 24.3 Å². The molecule has 0 atom stereocenters. The normalized spacial score (nSPS) is 14.3. The zero-order valence-corrected chi connectivity index (χ0v) is 15.6. The smallest absolute Gasteiger partial charge is 0.335 e. The molecule has 0 heterocycles. The lowest BCUT2D eigenvalue weighted by Crippen LogP contribution is -2.31. The molecule has 1 aliphatic rings. The van der Waals surface area contributed by atoms with E-state index in [2.05, 4.69) is 10.6 Å². The third-order valence-corrected chi connectivity index (χ3v) is 5.03. The highest BCUT2D eigenvalue weighted by Gasteiger charge is 2.20. The van der Waals surface area contributed by atoms with Gasteiger partial charge in [-0.2, -0.15) is 0 Å². The minimum absolute atomic E-state index is 0.111. The van der Waals surface area contributed by atoms with E-state index in [4.69, 9.17) is 5.11 Å². The Labute approximate surface area is 164 Å². The van der Waals surface area contributed by atoms with Crippen molar-refractivity contribution >= 4 is 23.5 Å². The van der Waals surface area contributed by atoms with Crippen molar-refractivity contribution in [1.29, 1.82) is 0 Å². The number of anilines is 1. The van der Waals surface area contributed by atoms with E-state index in [-0.39, 0.29) is 23.3 Å². The van der Waals surface area contributed by atoms with E-state index in [9.17, 15) is 14.4 Å². The van der Waals surface area contributed by atoms with Crippen molar-refractivity contribution < 1.29 is 19.5 Å². The first-order chi connectivity index (χ1) is 13.5. The SMILES string of the molecule is O=C(O)c1cccc(NC(=O)c2ccc(CNC(=O)C3CCCCC3)cc2)c1. The quantitative estimate of drug-likeness (QED) is 0.710. The van der Waals surface area contributed by atoms with E-state index in [1.807, 2.05) is 12.1 Å². The molecule has 0 bridgehead atoms. The van der Waals surface area contributed by atoms with Crippen LogP contribution in [0.5, 0.6) is 0 Å². The van der Waals surface area contributed by atoms with Gasteiger partial charge in [-0.15, -0.1) is 0 Å². The number of carbonyl (C=O) groups excluding carboxylic acids is 2. The minimum atomic E-state index is -1.05. The lowest BCUT2D eigenvalue weighted by atomic mass is 9.88. The molecule has 0 saturated heterocycles. The van der Waals surface area contributed by atoms with Crippen LogP contribution < -0.4 is 10.6 Å². The Kier molecular flexibility index (Phi) is 6.42. The van der Waals surface area contributed by atoms with Gasteiger partial charge in [0, 0.05) is 23.7 Å². The van der Waals surface area contributed by atoms with E-state index in [1.165, 1.54) is 18.6 Å². The zero-order chi connectivity index (χ0) is 19.9. The Morgan fingerprint density at radius 2 is 1.64 bits per heavy atom. The molecule has 3 rings (SSSR count). The maximum atomic E-state index is 12.4. The molecule has 0 aliphatic heterocycles. The summed E-state index contributed by atoms with van der Waals surface area (Å²) in [6.45, 7) is 0.442. The highest BCUT2D eigenvalue weighted by molar-refractivity contribution is 6.04. The predicted octanol–water partition coefficient (Wildman–Crippen LogP) is 3.83. The molecular weight excluding hydrogens is 356 g/mol. The molecule has 28 heavy (non-hydrogen) atoms. The fraction of sp³-hybridized carbons (Fsp3) is 0.318. The van der Waals surface area contributed by atoms with E-state index in [0.29, 0.717) is 17.8 Å². The van der Waals surface area contributed by atoms with Gasteiger partial charge < -0.3 is 15.7 Å². The molecule has 6 nitrogen and oxygen atoms in total. The van der Waals surface area contributed by atoms with Crippen LogP contribution in [0, 0.1) is 5.92 Å². The summed E-state index contributed by atoms with van der Waals surface area (Å²) in [5.41, 5.74) is 1.92. The number of rotatable bonds is 6. The summed E-state index contributed by atoms with van der Waals surface area (Å²) < 4.78 is 0. The number of hydrogen-bond acceptors (Lipinski definition) is 3. The van der Waals surface area contributed by atoms with Crippen molar-refractivity contribution in [1.82, 2.24) is 5.32 Å². The minimum Gasteiger partial charge on any atom is -0.478 e. The average molecular weight is 380 g/mol. The summed E-state index contributed by atoms with van der Waals surface area (Å²) >= 11 is 0. The van der Waals surface area contributed by atoms with Gasteiger partial charge in [0.15, 0.2) is 0 Å². The monoisotopic (exact) mass is 380 g/mol. The molecule has 6 heteroatoms. The lowest BCUT2D eigenvalue weighted by molar-refractivity contribution is -0.126. The van der Waals surface area contributed by atoms with Crippen LogP contribution in [-0.2, 0) is 11.3 Å². The fourth-order valence-corrected chi connectivity index (χ4v) is 3.41. The lowest BCUT2D eigenvalue weighted by Gasteiger charge is -2.20. The van der Waals surface area contributed by atoms with Crippen LogP contribution in [0.1, 0.15) is 58.4 Å². The summed E-state index contributed by atoms with van der Waals surface area (Å²) in [6, 6.07) is 13.1. The van der Waals surface area contributed by atoms with Crippen LogP contribution in [0.3, 0.4) is 0 Å². The van der Waals surface area contributed by atoms with E-state index < -0.39 is 5.97 Å². The third kappa shape index (κ3) is 5.19. The van der Waals surface area contributed by atoms with Crippen LogP contribution in [0.4, 0.5) is 5.69 Å². The molecule has 2 aromatic carbocycles. The number of carbonyl (C=O) groups is 3. The fourth-order valence-electron chi connectivity index (χ4n) is 3.41. The van der Waals surface area contributed by atoms with Crippen LogP contribution >= 0.6 is 0 Å². The summed E-state index contributed by atoms with van der Waals surface area (Å²) in [5, 5.41) is 14.7. The van der Waals surface area contributed by atoms with Crippen LogP contribution in [0.2, 0.25) is 0 Å². The molecule has 2 amide bonds. The Bertz CT molecular complexity index is 855.